The number of carbonyl (C=O) groups excluding carboxylic acids is 1. The molecule has 1 nitrogen and oxygen atoms in total. The molecule has 0 saturated heterocycles. The molecule has 0 radical (unpaired) electrons. The molecule has 4 rings (SSSR count). The molecule has 0 unspecified atom stereocenters. The molecule has 3 aromatic rings. The van der Waals surface area contributed by atoms with Crippen molar-refractivity contribution in [2.45, 2.75) is 6.42 Å². The zero-order valence-corrected chi connectivity index (χ0v) is 12.5. The number of benzene rings is 3. The van der Waals surface area contributed by atoms with Gasteiger partial charge in [-0.15, -0.1) is 0 Å². The highest BCUT2D eigenvalue weighted by Crippen LogP contribution is 2.30. The van der Waals surface area contributed by atoms with Gasteiger partial charge < -0.3 is 0 Å². The first-order chi connectivity index (χ1) is 10.1. The zero-order valence-electron chi connectivity index (χ0n) is 11.0. The van der Waals surface area contributed by atoms with Crippen LogP contribution in [0.1, 0.15) is 6.42 Å². The van der Waals surface area contributed by atoms with Gasteiger partial charge in [0.15, 0.2) is 5.78 Å². The summed E-state index contributed by atoms with van der Waals surface area (Å²) in [5.41, 5.74) is 0. The van der Waals surface area contributed by atoms with Crippen LogP contribution in [0.5, 0.6) is 0 Å². The first kappa shape index (κ1) is 12.9. The van der Waals surface area contributed by atoms with Crippen molar-refractivity contribution in [1.29, 1.82) is 0 Å². The van der Waals surface area contributed by atoms with Gasteiger partial charge in [-0.2, -0.15) is 0 Å². The van der Waals surface area contributed by atoms with Crippen LogP contribution in [0.25, 0.3) is 32.7 Å². The fourth-order valence-corrected chi connectivity index (χ4v) is 3.52. The summed E-state index contributed by atoms with van der Waals surface area (Å²) < 4.78 is 0. The van der Waals surface area contributed by atoms with Gasteiger partial charge in [0.05, 0.1) is 0 Å². The lowest BCUT2D eigenvalue weighted by Gasteiger charge is -2.10. The molecule has 3 aromatic carbocycles. The van der Waals surface area contributed by atoms with Crippen molar-refractivity contribution in [2.75, 3.05) is 0 Å². The normalized spacial score (nSPS) is 14.4. The number of hydrogen-bond donors (Lipinski definition) is 0. The van der Waals surface area contributed by atoms with Crippen molar-refractivity contribution in [2.24, 2.45) is 0 Å². The summed E-state index contributed by atoms with van der Waals surface area (Å²) in [6.45, 7) is 0. The predicted molar refractivity (Wildman–Crippen MR) is 89.1 cm³/mol. The lowest BCUT2D eigenvalue weighted by atomic mass is 9.97. The molecule has 0 saturated carbocycles. The van der Waals surface area contributed by atoms with Crippen LogP contribution in [-0.2, 0) is 4.79 Å². The molecule has 21 heavy (non-hydrogen) atoms. The second kappa shape index (κ2) is 4.59. The largest absolute Gasteiger partial charge is 0.294 e. The lowest BCUT2D eigenvalue weighted by Crippen LogP contribution is -2.31. The second-order valence-electron chi connectivity index (χ2n) is 5.26. The zero-order chi connectivity index (χ0) is 14.6. The number of ketones is 1. The third kappa shape index (κ3) is 1.97. The van der Waals surface area contributed by atoms with Crippen LogP contribution >= 0.6 is 23.2 Å². The Morgan fingerprint density at radius 1 is 0.905 bits per heavy atom. The summed E-state index contributed by atoms with van der Waals surface area (Å²) in [6, 6.07) is 14.1. The average molecular weight is 313 g/mol. The number of fused-ring (bicyclic) bond motifs is 4. The van der Waals surface area contributed by atoms with Gasteiger partial charge >= 0.3 is 0 Å². The van der Waals surface area contributed by atoms with Gasteiger partial charge in [-0.25, -0.2) is 0 Å². The number of halogens is 2. The molecule has 0 heterocycles. The minimum absolute atomic E-state index is 0.0313. The molecule has 0 N–H and O–H groups in total. The van der Waals surface area contributed by atoms with E-state index in [1.807, 2.05) is 36.4 Å². The van der Waals surface area contributed by atoms with E-state index < -0.39 is 0 Å². The molecule has 102 valence electrons. The Morgan fingerprint density at radius 2 is 1.71 bits per heavy atom. The Labute approximate surface area is 131 Å². The van der Waals surface area contributed by atoms with E-state index in [2.05, 4.69) is 6.07 Å². The highest BCUT2D eigenvalue weighted by Gasteiger charge is 2.12. The van der Waals surface area contributed by atoms with Gasteiger partial charge in [-0.1, -0.05) is 47.5 Å². The number of hydrogen-bond acceptors (Lipinski definition) is 1. The summed E-state index contributed by atoms with van der Waals surface area (Å²) >= 11 is 12.7. The Kier molecular flexibility index (Phi) is 2.81. The fraction of sp³-hybridized carbons (Fsp3) is 0.0556. The van der Waals surface area contributed by atoms with Crippen molar-refractivity contribution in [3.63, 3.8) is 0 Å². The van der Waals surface area contributed by atoms with E-state index >= 15 is 0 Å². The summed E-state index contributed by atoms with van der Waals surface area (Å²) in [7, 11) is 0. The van der Waals surface area contributed by atoms with Crippen molar-refractivity contribution in [3.8, 4) is 0 Å². The third-order valence-corrected chi connectivity index (χ3v) is 4.57. The standard InChI is InChI=1S/C18H10Cl2O/c19-17-7-10-3-1-2-4-13(10)15-9-14-11(6-16(15)17)5-12(21)8-18(14)20/h1-7,9H,8H2. The highest BCUT2D eigenvalue weighted by atomic mass is 35.5. The van der Waals surface area contributed by atoms with E-state index in [-0.39, 0.29) is 12.2 Å². The van der Waals surface area contributed by atoms with Crippen LogP contribution < -0.4 is 10.4 Å². The van der Waals surface area contributed by atoms with E-state index in [1.165, 1.54) is 0 Å². The summed E-state index contributed by atoms with van der Waals surface area (Å²) in [6.07, 6.45) is 1.92. The van der Waals surface area contributed by atoms with E-state index in [0.717, 1.165) is 32.0 Å². The summed E-state index contributed by atoms with van der Waals surface area (Å²) in [5, 5.41) is 7.32. The van der Waals surface area contributed by atoms with Crippen LogP contribution in [0.2, 0.25) is 5.02 Å². The summed E-state index contributed by atoms with van der Waals surface area (Å²) in [4.78, 5) is 11.7. The van der Waals surface area contributed by atoms with Gasteiger partial charge in [0.1, 0.15) is 0 Å². The predicted octanol–water partition coefficient (Wildman–Crippen LogP) is 3.75. The smallest absolute Gasteiger partial charge is 0.161 e. The van der Waals surface area contributed by atoms with E-state index in [0.29, 0.717) is 10.1 Å². The summed E-state index contributed by atoms with van der Waals surface area (Å²) in [5.74, 6) is 0.0313. The number of carbonyl (C=O) groups is 1. The SMILES string of the molecule is O=C1C=c2cc3c(Cl)cc4ccccc4c3cc2=C(Cl)C1. The van der Waals surface area contributed by atoms with Crippen LogP contribution in [0, 0.1) is 0 Å². The fourth-order valence-electron chi connectivity index (χ4n) is 2.95. The monoisotopic (exact) mass is 312 g/mol. The van der Waals surface area contributed by atoms with E-state index in [9.17, 15) is 4.79 Å². The number of rotatable bonds is 0. The molecular formula is C18H10Cl2O. The quantitative estimate of drug-likeness (QED) is 0.578. The molecule has 3 heteroatoms. The molecule has 0 aromatic heterocycles. The van der Waals surface area contributed by atoms with Crippen molar-refractivity contribution in [1.82, 2.24) is 0 Å². The Bertz CT molecular complexity index is 1050. The molecule has 0 spiro atoms. The molecule has 1 aliphatic rings. The highest BCUT2D eigenvalue weighted by molar-refractivity contribution is 6.48. The van der Waals surface area contributed by atoms with Crippen LogP contribution in [0.3, 0.4) is 0 Å². The molecule has 0 amide bonds. The minimum atomic E-state index is 0.0313. The molecule has 0 bridgehead atoms. The lowest BCUT2D eigenvalue weighted by molar-refractivity contribution is -0.112. The van der Waals surface area contributed by atoms with Crippen LogP contribution in [0.4, 0.5) is 0 Å². The van der Waals surface area contributed by atoms with Crippen molar-refractivity contribution in [3.05, 3.63) is 57.9 Å². The maximum absolute atomic E-state index is 11.7. The first-order valence-electron chi connectivity index (χ1n) is 6.68. The molecule has 0 aliphatic heterocycles. The molecule has 1 aliphatic carbocycles. The second-order valence-corrected chi connectivity index (χ2v) is 6.12. The van der Waals surface area contributed by atoms with Crippen LogP contribution in [-0.4, -0.2) is 5.78 Å². The van der Waals surface area contributed by atoms with Crippen molar-refractivity contribution >= 4 is 61.6 Å². The third-order valence-electron chi connectivity index (χ3n) is 3.92. The molecular weight excluding hydrogens is 303 g/mol. The Balaban J connectivity index is 2.30. The minimum Gasteiger partial charge on any atom is -0.294 e. The van der Waals surface area contributed by atoms with Gasteiger partial charge in [-0.3, -0.25) is 4.79 Å². The van der Waals surface area contributed by atoms with Gasteiger partial charge in [0.2, 0.25) is 0 Å². The van der Waals surface area contributed by atoms with Gasteiger partial charge in [0.25, 0.3) is 0 Å². The maximum atomic E-state index is 11.7. The van der Waals surface area contributed by atoms with E-state index in [4.69, 9.17) is 23.2 Å². The average Bonchev–Trinajstić information content (AvgIpc) is 2.46. The van der Waals surface area contributed by atoms with E-state index in [1.54, 1.807) is 6.08 Å². The topological polar surface area (TPSA) is 17.1 Å². The van der Waals surface area contributed by atoms with Crippen LogP contribution in [0.15, 0.2) is 42.5 Å². The van der Waals surface area contributed by atoms with Gasteiger partial charge in [-0.05, 0) is 50.9 Å². The number of Topliss-reactive ketones (excluding diaryl/α,β-unsaturated/α-hetero) is 1. The Morgan fingerprint density at radius 3 is 2.57 bits per heavy atom. The van der Waals surface area contributed by atoms with Crippen molar-refractivity contribution < 1.29 is 4.79 Å². The first-order valence-corrected chi connectivity index (χ1v) is 7.43. The van der Waals surface area contributed by atoms with Gasteiger partial charge in [0, 0.05) is 21.9 Å². The Hall–Kier alpha value is -1.83. The maximum Gasteiger partial charge on any atom is 0.161 e. The molecule has 0 atom stereocenters. The molecule has 0 fully saturated rings.